The molecule has 0 aliphatic carbocycles. The predicted octanol–water partition coefficient (Wildman–Crippen LogP) is 4.62. The number of ether oxygens (including phenoxy) is 2. The molecule has 106 valence electrons. The molecule has 2 rings (SSSR count). The molecule has 2 aromatic rings. The van der Waals surface area contributed by atoms with Crippen molar-refractivity contribution in [2.75, 3.05) is 19.5 Å². The van der Waals surface area contributed by atoms with Crippen molar-refractivity contribution in [3.05, 3.63) is 52.0 Å². The fourth-order valence-electron chi connectivity index (χ4n) is 1.80. The van der Waals surface area contributed by atoms with Crippen LogP contribution in [0.3, 0.4) is 0 Å². The molecule has 1 N–H and O–H groups in total. The predicted molar refractivity (Wildman–Crippen MR) is 83.3 cm³/mol. The van der Waals surface area contributed by atoms with Crippen LogP contribution in [0.2, 0.25) is 10.0 Å². The number of benzene rings is 2. The third-order valence-corrected chi connectivity index (χ3v) is 3.42. The third-order valence-electron chi connectivity index (χ3n) is 2.87. The van der Waals surface area contributed by atoms with Crippen LogP contribution < -0.4 is 14.8 Å². The normalized spacial score (nSPS) is 10.2. The summed E-state index contributed by atoms with van der Waals surface area (Å²) in [5.74, 6) is 1.27. The molecule has 0 saturated heterocycles. The van der Waals surface area contributed by atoms with E-state index in [1.807, 2.05) is 30.3 Å². The number of nitrogens with one attached hydrogen (secondary N) is 1. The number of hydrogen-bond acceptors (Lipinski definition) is 3. The summed E-state index contributed by atoms with van der Waals surface area (Å²) in [4.78, 5) is 0. The van der Waals surface area contributed by atoms with Gasteiger partial charge in [-0.05, 0) is 17.7 Å². The summed E-state index contributed by atoms with van der Waals surface area (Å²) in [7, 11) is 3.18. The van der Waals surface area contributed by atoms with Crippen molar-refractivity contribution in [3.8, 4) is 11.5 Å². The number of methoxy groups -OCH3 is 2. The molecule has 0 aliphatic heterocycles. The van der Waals surface area contributed by atoms with Gasteiger partial charge < -0.3 is 14.8 Å². The Hall–Kier alpha value is -1.58. The topological polar surface area (TPSA) is 30.5 Å². The van der Waals surface area contributed by atoms with Crippen LogP contribution in [-0.2, 0) is 6.54 Å². The molecule has 20 heavy (non-hydrogen) atoms. The minimum atomic E-state index is 0.515. The van der Waals surface area contributed by atoms with E-state index in [2.05, 4.69) is 5.32 Å². The van der Waals surface area contributed by atoms with Crippen LogP contribution in [0, 0.1) is 0 Å². The molecule has 0 spiro atoms. The lowest BCUT2D eigenvalue weighted by Gasteiger charge is -2.14. The number of halogens is 2. The summed E-state index contributed by atoms with van der Waals surface area (Å²) in [5.41, 5.74) is 1.94. The van der Waals surface area contributed by atoms with Crippen molar-refractivity contribution < 1.29 is 9.47 Å². The van der Waals surface area contributed by atoms with E-state index in [4.69, 9.17) is 32.7 Å². The van der Waals surface area contributed by atoms with Crippen molar-refractivity contribution >= 4 is 28.9 Å². The molecule has 0 saturated carbocycles. The molecule has 0 radical (unpaired) electrons. The van der Waals surface area contributed by atoms with Gasteiger partial charge in [-0.1, -0.05) is 35.3 Å². The van der Waals surface area contributed by atoms with Crippen LogP contribution in [0.4, 0.5) is 5.69 Å². The lowest BCUT2D eigenvalue weighted by molar-refractivity contribution is 0.404. The van der Waals surface area contributed by atoms with E-state index in [0.29, 0.717) is 23.1 Å². The minimum Gasteiger partial charge on any atom is -0.495 e. The van der Waals surface area contributed by atoms with Crippen LogP contribution >= 0.6 is 23.2 Å². The summed E-state index contributed by atoms with van der Waals surface area (Å²) < 4.78 is 10.5. The van der Waals surface area contributed by atoms with Crippen LogP contribution in [-0.4, -0.2) is 14.2 Å². The molecular weight excluding hydrogens is 297 g/mol. The van der Waals surface area contributed by atoms with Gasteiger partial charge in [-0.15, -0.1) is 0 Å². The highest BCUT2D eigenvalue weighted by Crippen LogP contribution is 2.36. The highest BCUT2D eigenvalue weighted by atomic mass is 35.5. The zero-order valence-electron chi connectivity index (χ0n) is 11.2. The largest absolute Gasteiger partial charge is 0.495 e. The fourth-order valence-corrected chi connectivity index (χ4v) is 2.15. The van der Waals surface area contributed by atoms with E-state index in [9.17, 15) is 0 Å². The van der Waals surface area contributed by atoms with E-state index >= 15 is 0 Å². The summed E-state index contributed by atoms with van der Waals surface area (Å²) >= 11 is 11.9. The highest BCUT2D eigenvalue weighted by molar-refractivity contribution is 6.32. The lowest BCUT2D eigenvalue weighted by Crippen LogP contribution is -2.02. The summed E-state index contributed by atoms with van der Waals surface area (Å²) in [5, 5.41) is 4.53. The highest BCUT2D eigenvalue weighted by Gasteiger charge is 2.09. The molecular formula is C15H15Cl2NO2. The van der Waals surface area contributed by atoms with Gasteiger partial charge in [0.05, 0.1) is 24.9 Å². The quantitative estimate of drug-likeness (QED) is 0.873. The average Bonchev–Trinajstić information content (AvgIpc) is 2.47. The molecule has 0 fully saturated rings. The van der Waals surface area contributed by atoms with Gasteiger partial charge in [-0.3, -0.25) is 0 Å². The Morgan fingerprint density at radius 3 is 2.20 bits per heavy atom. The first-order chi connectivity index (χ1) is 9.63. The molecule has 2 aromatic carbocycles. The molecule has 0 aliphatic rings. The smallest absolute Gasteiger partial charge is 0.143 e. The molecule has 0 unspecified atom stereocenters. The molecule has 0 bridgehead atoms. The average molecular weight is 312 g/mol. The Balaban J connectivity index is 2.17. The molecule has 3 nitrogen and oxygen atoms in total. The Morgan fingerprint density at radius 1 is 0.950 bits per heavy atom. The summed E-state index contributed by atoms with van der Waals surface area (Å²) in [6, 6.07) is 11.2. The maximum atomic E-state index is 6.07. The Bertz CT molecular complexity index is 585. The number of anilines is 1. The van der Waals surface area contributed by atoms with Gasteiger partial charge in [0.1, 0.15) is 11.5 Å². The van der Waals surface area contributed by atoms with Crippen LogP contribution in [0.25, 0.3) is 0 Å². The second-order valence-corrected chi connectivity index (χ2v) is 5.01. The van der Waals surface area contributed by atoms with Crippen LogP contribution in [0.15, 0.2) is 36.4 Å². The second kappa shape index (κ2) is 6.73. The lowest BCUT2D eigenvalue weighted by atomic mass is 10.2. The number of hydrogen-bond donors (Lipinski definition) is 1. The van der Waals surface area contributed by atoms with Gasteiger partial charge in [-0.25, -0.2) is 0 Å². The zero-order valence-corrected chi connectivity index (χ0v) is 12.8. The Labute approximate surface area is 128 Å². The van der Waals surface area contributed by atoms with Crippen molar-refractivity contribution in [1.82, 2.24) is 0 Å². The Morgan fingerprint density at radius 2 is 1.60 bits per heavy atom. The van der Waals surface area contributed by atoms with Crippen molar-refractivity contribution in [2.45, 2.75) is 6.54 Å². The van der Waals surface area contributed by atoms with Gasteiger partial charge >= 0.3 is 0 Å². The van der Waals surface area contributed by atoms with Crippen LogP contribution in [0.1, 0.15) is 5.56 Å². The minimum absolute atomic E-state index is 0.515. The molecule has 0 atom stereocenters. The first-order valence-corrected chi connectivity index (χ1v) is 6.79. The van der Waals surface area contributed by atoms with Crippen molar-refractivity contribution in [1.29, 1.82) is 0 Å². The van der Waals surface area contributed by atoms with Crippen LogP contribution in [0.5, 0.6) is 11.5 Å². The van der Waals surface area contributed by atoms with Gasteiger partial charge in [0.2, 0.25) is 0 Å². The summed E-state index contributed by atoms with van der Waals surface area (Å²) in [6.45, 7) is 0.651. The van der Waals surface area contributed by atoms with Gasteiger partial charge in [0.25, 0.3) is 0 Å². The zero-order chi connectivity index (χ0) is 14.5. The van der Waals surface area contributed by atoms with E-state index in [0.717, 1.165) is 16.3 Å². The molecule has 0 amide bonds. The van der Waals surface area contributed by atoms with E-state index < -0.39 is 0 Å². The first-order valence-electron chi connectivity index (χ1n) is 6.04. The second-order valence-electron chi connectivity index (χ2n) is 4.17. The summed E-state index contributed by atoms with van der Waals surface area (Å²) in [6.07, 6.45) is 0. The Kier molecular flexibility index (Phi) is 4.99. The third kappa shape index (κ3) is 3.50. The van der Waals surface area contributed by atoms with E-state index in [-0.39, 0.29) is 0 Å². The molecule has 0 heterocycles. The molecule has 0 aromatic heterocycles. The first kappa shape index (κ1) is 14.8. The van der Waals surface area contributed by atoms with E-state index in [1.54, 1.807) is 20.3 Å². The van der Waals surface area contributed by atoms with Gasteiger partial charge in [0, 0.05) is 23.7 Å². The number of rotatable bonds is 5. The maximum absolute atomic E-state index is 6.07. The molecule has 5 heteroatoms. The van der Waals surface area contributed by atoms with Crippen molar-refractivity contribution in [2.24, 2.45) is 0 Å². The maximum Gasteiger partial charge on any atom is 0.143 e. The fraction of sp³-hybridized carbons (Fsp3) is 0.200. The standard InChI is InChI=1S/C15H15Cl2NO2/c1-19-14-8-13(15(20-2)7-12(14)17)18-9-10-3-5-11(16)6-4-10/h3-8,18H,9H2,1-2H3. The van der Waals surface area contributed by atoms with Crippen molar-refractivity contribution in [3.63, 3.8) is 0 Å². The SMILES string of the molecule is COc1cc(NCc2ccc(Cl)cc2)c(OC)cc1Cl. The van der Waals surface area contributed by atoms with Gasteiger partial charge in [-0.2, -0.15) is 0 Å². The monoisotopic (exact) mass is 311 g/mol. The van der Waals surface area contributed by atoms with Gasteiger partial charge in [0.15, 0.2) is 0 Å². The van der Waals surface area contributed by atoms with E-state index in [1.165, 1.54) is 0 Å².